The highest BCUT2D eigenvalue weighted by molar-refractivity contribution is 5.56. The molecule has 1 unspecified atom stereocenters. The number of aryl methyl sites for hydroxylation is 1. The maximum atomic E-state index is 10.1. The summed E-state index contributed by atoms with van der Waals surface area (Å²) in [5, 5.41) is 9.03. The predicted molar refractivity (Wildman–Crippen MR) is 47.0 cm³/mol. The predicted octanol–water partition coefficient (Wildman–Crippen LogP) is 1.10. The Hall–Kier alpha value is -1.15. The lowest BCUT2D eigenvalue weighted by molar-refractivity contribution is -0.114. The molecule has 0 bridgehead atoms. The number of aliphatic hydroxyl groups is 1. The van der Waals surface area contributed by atoms with Gasteiger partial charge in [0.15, 0.2) is 0 Å². The zero-order valence-electron chi connectivity index (χ0n) is 7.03. The number of benzene rings is 1. The van der Waals surface area contributed by atoms with Crippen LogP contribution in [0.5, 0.6) is 0 Å². The molecule has 0 aliphatic carbocycles. The molecule has 0 heterocycles. The van der Waals surface area contributed by atoms with E-state index in [-0.39, 0.29) is 0 Å². The summed E-state index contributed by atoms with van der Waals surface area (Å²) in [7, 11) is 0. The van der Waals surface area contributed by atoms with E-state index < -0.39 is 6.10 Å². The standard InChI is InChI=1S/C10H12O2/c1-8-3-2-4-9(5-8)6-10(12)7-11/h2-5,7,10,12H,6H2,1H3. The summed E-state index contributed by atoms with van der Waals surface area (Å²) in [6, 6.07) is 7.77. The molecule has 0 saturated carbocycles. The van der Waals surface area contributed by atoms with Crippen molar-refractivity contribution in [1.29, 1.82) is 0 Å². The number of aliphatic hydroxyl groups excluding tert-OH is 1. The molecule has 1 aromatic carbocycles. The van der Waals surface area contributed by atoms with Crippen LogP contribution in [0, 0.1) is 6.92 Å². The average Bonchev–Trinajstić information content (AvgIpc) is 2.04. The molecule has 64 valence electrons. The van der Waals surface area contributed by atoms with Gasteiger partial charge in [-0.1, -0.05) is 29.8 Å². The number of carbonyl (C=O) groups is 1. The van der Waals surface area contributed by atoms with E-state index in [9.17, 15) is 4.79 Å². The summed E-state index contributed by atoms with van der Waals surface area (Å²) in [6.07, 6.45) is 0.0971. The first-order valence-corrected chi connectivity index (χ1v) is 3.91. The fraction of sp³-hybridized carbons (Fsp3) is 0.300. The lowest BCUT2D eigenvalue weighted by Gasteiger charge is -2.03. The molecule has 0 aliphatic heterocycles. The Labute approximate surface area is 71.8 Å². The van der Waals surface area contributed by atoms with Crippen LogP contribution in [0.3, 0.4) is 0 Å². The van der Waals surface area contributed by atoms with Gasteiger partial charge < -0.3 is 9.90 Å². The molecule has 2 nitrogen and oxygen atoms in total. The van der Waals surface area contributed by atoms with Crippen molar-refractivity contribution in [3.63, 3.8) is 0 Å². The molecule has 0 fully saturated rings. The monoisotopic (exact) mass is 164 g/mol. The summed E-state index contributed by atoms with van der Waals surface area (Å²) >= 11 is 0. The van der Waals surface area contributed by atoms with E-state index in [1.165, 1.54) is 0 Å². The number of hydrogen-bond acceptors (Lipinski definition) is 2. The third kappa shape index (κ3) is 2.47. The van der Waals surface area contributed by atoms with E-state index >= 15 is 0 Å². The maximum absolute atomic E-state index is 10.1. The van der Waals surface area contributed by atoms with Gasteiger partial charge in [-0.15, -0.1) is 0 Å². The van der Waals surface area contributed by atoms with E-state index in [0.29, 0.717) is 12.7 Å². The van der Waals surface area contributed by atoms with E-state index in [1.54, 1.807) is 0 Å². The maximum Gasteiger partial charge on any atom is 0.148 e. The Morgan fingerprint density at radius 2 is 2.33 bits per heavy atom. The minimum absolute atomic E-state index is 0.408. The second-order valence-electron chi connectivity index (χ2n) is 2.90. The summed E-state index contributed by atoms with van der Waals surface area (Å²) < 4.78 is 0. The summed E-state index contributed by atoms with van der Waals surface area (Å²) in [5.41, 5.74) is 2.14. The van der Waals surface area contributed by atoms with Crippen LogP contribution in [0.1, 0.15) is 11.1 Å². The lowest BCUT2D eigenvalue weighted by Crippen LogP contribution is -2.11. The van der Waals surface area contributed by atoms with Gasteiger partial charge in [-0.2, -0.15) is 0 Å². The molecule has 0 spiro atoms. The van der Waals surface area contributed by atoms with Gasteiger partial charge in [-0.25, -0.2) is 0 Å². The Morgan fingerprint density at radius 3 is 2.92 bits per heavy atom. The number of rotatable bonds is 3. The van der Waals surface area contributed by atoms with Crippen LogP contribution in [0.25, 0.3) is 0 Å². The van der Waals surface area contributed by atoms with Crippen molar-refractivity contribution in [1.82, 2.24) is 0 Å². The van der Waals surface area contributed by atoms with E-state index in [0.717, 1.165) is 11.1 Å². The van der Waals surface area contributed by atoms with Gasteiger partial charge in [-0.05, 0) is 12.5 Å². The van der Waals surface area contributed by atoms with Crippen molar-refractivity contribution < 1.29 is 9.90 Å². The highest BCUT2D eigenvalue weighted by Gasteiger charge is 2.02. The Kier molecular flexibility index (Phi) is 3.00. The van der Waals surface area contributed by atoms with Crippen LogP contribution in [0.15, 0.2) is 24.3 Å². The summed E-state index contributed by atoms with van der Waals surface area (Å²) in [6.45, 7) is 1.98. The van der Waals surface area contributed by atoms with Crippen LogP contribution >= 0.6 is 0 Å². The van der Waals surface area contributed by atoms with Gasteiger partial charge in [0.2, 0.25) is 0 Å². The van der Waals surface area contributed by atoms with Crippen molar-refractivity contribution in [2.24, 2.45) is 0 Å². The highest BCUT2D eigenvalue weighted by atomic mass is 16.3. The van der Waals surface area contributed by atoms with E-state index in [2.05, 4.69) is 0 Å². The largest absolute Gasteiger partial charge is 0.385 e. The minimum Gasteiger partial charge on any atom is -0.385 e. The molecule has 0 aromatic heterocycles. The van der Waals surface area contributed by atoms with Crippen molar-refractivity contribution in [2.75, 3.05) is 0 Å². The van der Waals surface area contributed by atoms with Crippen molar-refractivity contribution in [3.05, 3.63) is 35.4 Å². The van der Waals surface area contributed by atoms with Crippen molar-refractivity contribution in [2.45, 2.75) is 19.4 Å². The first kappa shape index (κ1) is 8.94. The third-order valence-corrected chi connectivity index (χ3v) is 1.68. The topological polar surface area (TPSA) is 37.3 Å². The first-order chi connectivity index (χ1) is 5.72. The molecule has 1 aromatic rings. The third-order valence-electron chi connectivity index (χ3n) is 1.68. The van der Waals surface area contributed by atoms with Gasteiger partial charge in [0, 0.05) is 6.42 Å². The molecule has 0 aliphatic rings. The smallest absolute Gasteiger partial charge is 0.148 e. The molecule has 0 saturated heterocycles. The fourth-order valence-electron chi connectivity index (χ4n) is 1.13. The summed E-state index contributed by atoms with van der Waals surface area (Å²) in [5.74, 6) is 0. The van der Waals surface area contributed by atoms with Gasteiger partial charge >= 0.3 is 0 Å². The van der Waals surface area contributed by atoms with E-state index in [4.69, 9.17) is 5.11 Å². The molecular formula is C10H12O2. The molecule has 0 amide bonds. The summed E-state index contributed by atoms with van der Waals surface area (Å²) in [4.78, 5) is 10.1. The second kappa shape index (κ2) is 4.02. The molecule has 2 heteroatoms. The lowest BCUT2D eigenvalue weighted by atomic mass is 10.1. The van der Waals surface area contributed by atoms with Gasteiger partial charge in [0.1, 0.15) is 12.4 Å². The molecule has 1 atom stereocenters. The zero-order valence-corrected chi connectivity index (χ0v) is 7.03. The second-order valence-corrected chi connectivity index (χ2v) is 2.90. The Bertz CT molecular complexity index is 268. The highest BCUT2D eigenvalue weighted by Crippen LogP contribution is 2.05. The molecule has 1 N–H and O–H groups in total. The van der Waals surface area contributed by atoms with Gasteiger partial charge in [0.25, 0.3) is 0 Å². The van der Waals surface area contributed by atoms with Gasteiger partial charge in [-0.3, -0.25) is 0 Å². The van der Waals surface area contributed by atoms with Crippen LogP contribution in [-0.2, 0) is 11.2 Å². The Morgan fingerprint density at radius 1 is 1.58 bits per heavy atom. The number of carbonyl (C=O) groups excluding carboxylic acids is 1. The molecular weight excluding hydrogens is 152 g/mol. The number of aldehydes is 1. The minimum atomic E-state index is -0.869. The molecule has 1 rings (SSSR count). The van der Waals surface area contributed by atoms with E-state index in [1.807, 2.05) is 31.2 Å². The average molecular weight is 164 g/mol. The SMILES string of the molecule is Cc1cccc(CC(O)C=O)c1. The molecule has 12 heavy (non-hydrogen) atoms. The van der Waals surface area contributed by atoms with Crippen molar-refractivity contribution >= 4 is 6.29 Å². The van der Waals surface area contributed by atoms with Crippen molar-refractivity contribution in [3.8, 4) is 0 Å². The van der Waals surface area contributed by atoms with Crippen LogP contribution in [0.4, 0.5) is 0 Å². The van der Waals surface area contributed by atoms with Crippen LogP contribution in [0.2, 0.25) is 0 Å². The van der Waals surface area contributed by atoms with Crippen LogP contribution in [-0.4, -0.2) is 17.5 Å². The van der Waals surface area contributed by atoms with Crippen LogP contribution < -0.4 is 0 Å². The quantitative estimate of drug-likeness (QED) is 0.679. The zero-order chi connectivity index (χ0) is 8.97. The Balaban J connectivity index is 2.69. The fourth-order valence-corrected chi connectivity index (χ4v) is 1.13. The molecule has 0 radical (unpaired) electrons. The normalized spacial score (nSPS) is 12.5. The number of hydrogen-bond donors (Lipinski definition) is 1. The van der Waals surface area contributed by atoms with Gasteiger partial charge in [0.05, 0.1) is 0 Å². The first-order valence-electron chi connectivity index (χ1n) is 3.91.